The zero-order valence-corrected chi connectivity index (χ0v) is 6.32. The van der Waals surface area contributed by atoms with Gasteiger partial charge in [-0.05, 0) is 12.2 Å². The van der Waals surface area contributed by atoms with E-state index in [1.54, 1.807) is 12.3 Å². The molecule has 0 saturated heterocycles. The standard InChI is InChI=1S/C8H8N2O2/c1-2-6-5-9-7(10-6)3-4-8(11)12/h2-5H,1H2,(H,9,10)(H,11,12). The molecule has 0 atom stereocenters. The highest BCUT2D eigenvalue weighted by molar-refractivity contribution is 5.84. The quantitative estimate of drug-likeness (QED) is 0.658. The molecule has 0 radical (unpaired) electrons. The Hall–Kier alpha value is -1.84. The molecule has 12 heavy (non-hydrogen) atoms. The molecule has 2 N–H and O–H groups in total. The fourth-order valence-electron chi connectivity index (χ4n) is 0.690. The number of carboxylic acid groups (broad SMARTS) is 1. The third-order valence-corrected chi connectivity index (χ3v) is 1.22. The summed E-state index contributed by atoms with van der Waals surface area (Å²) in [7, 11) is 0. The van der Waals surface area contributed by atoms with E-state index >= 15 is 0 Å². The zero-order valence-electron chi connectivity index (χ0n) is 6.32. The second kappa shape index (κ2) is 3.52. The molecule has 0 unspecified atom stereocenters. The Labute approximate surface area is 69.3 Å². The maximum absolute atomic E-state index is 10.1. The van der Waals surface area contributed by atoms with Crippen LogP contribution in [0.3, 0.4) is 0 Å². The number of carboxylic acids is 1. The van der Waals surface area contributed by atoms with Crippen molar-refractivity contribution in [2.75, 3.05) is 0 Å². The van der Waals surface area contributed by atoms with Gasteiger partial charge in [0, 0.05) is 6.08 Å². The highest BCUT2D eigenvalue weighted by Crippen LogP contribution is 1.99. The molecular formula is C8H8N2O2. The molecule has 4 heteroatoms. The third kappa shape index (κ3) is 2.09. The summed E-state index contributed by atoms with van der Waals surface area (Å²) in [5.41, 5.74) is 0.764. The Morgan fingerprint density at radius 1 is 1.75 bits per heavy atom. The van der Waals surface area contributed by atoms with E-state index in [-0.39, 0.29) is 0 Å². The lowest BCUT2D eigenvalue weighted by molar-refractivity contribution is -0.131. The first-order valence-electron chi connectivity index (χ1n) is 3.31. The molecule has 0 fully saturated rings. The predicted molar refractivity (Wildman–Crippen MR) is 45.3 cm³/mol. The van der Waals surface area contributed by atoms with Gasteiger partial charge in [0.05, 0.1) is 11.9 Å². The summed E-state index contributed by atoms with van der Waals surface area (Å²) in [4.78, 5) is 16.8. The SMILES string of the molecule is C=Cc1cnc(C=CC(=O)O)[nH]1. The minimum Gasteiger partial charge on any atom is -0.478 e. The third-order valence-electron chi connectivity index (χ3n) is 1.22. The van der Waals surface area contributed by atoms with E-state index in [9.17, 15) is 4.79 Å². The van der Waals surface area contributed by atoms with Crippen molar-refractivity contribution in [3.05, 3.63) is 30.4 Å². The van der Waals surface area contributed by atoms with Crippen LogP contribution in [0, 0.1) is 0 Å². The number of carbonyl (C=O) groups is 1. The summed E-state index contributed by atoms with van der Waals surface area (Å²) in [6.07, 6.45) is 5.58. The van der Waals surface area contributed by atoms with Gasteiger partial charge in [0.1, 0.15) is 5.82 Å². The summed E-state index contributed by atoms with van der Waals surface area (Å²) < 4.78 is 0. The van der Waals surface area contributed by atoms with Crippen LogP contribution in [-0.2, 0) is 4.79 Å². The van der Waals surface area contributed by atoms with Crippen LogP contribution in [0.1, 0.15) is 11.5 Å². The molecule has 0 aromatic carbocycles. The summed E-state index contributed by atoms with van der Waals surface area (Å²) >= 11 is 0. The van der Waals surface area contributed by atoms with E-state index in [1.807, 2.05) is 0 Å². The lowest BCUT2D eigenvalue weighted by Gasteiger charge is -1.82. The van der Waals surface area contributed by atoms with Crippen molar-refractivity contribution in [3.63, 3.8) is 0 Å². The maximum Gasteiger partial charge on any atom is 0.328 e. The van der Waals surface area contributed by atoms with Crippen molar-refractivity contribution in [2.24, 2.45) is 0 Å². The van der Waals surface area contributed by atoms with Gasteiger partial charge in [0.25, 0.3) is 0 Å². The van der Waals surface area contributed by atoms with E-state index < -0.39 is 5.97 Å². The Balaban J connectivity index is 2.76. The molecule has 0 aliphatic carbocycles. The van der Waals surface area contributed by atoms with Gasteiger partial charge in [-0.1, -0.05) is 6.58 Å². The van der Waals surface area contributed by atoms with Gasteiger partial charge < -0.3 is 10.1 Å². The van der Waals surface area contributed by atoms with E-state index in [2.05, 4.69) is 16.5 Å². The van der Waals surface area contributed by atoms with Crippen molar-refractivity contribution in [3.8, 4) is 0 Å². The number of rotatable bonds is 3. The minimum atomic E-state index is -0.994. The van der Waals surface area contributed by atoms with Crippen LogP contribution >= 0.6 is 0 Å². The number of aromatic nitrogens is 2. The van der Waals surface area contributed by atoms with Crippen LogP contribution in [-0.4, -0.2) is 21.0 Å². The summed E-state index contributed by atoms with van der Waals surface area (Å²) in [5, 5.41) is 8.29. The summed E-state index contributed by atoms with van der Waals surface area (Å²) in [6, 6.07) is 0. The normalized spacial score (nSPS) is 10.3. The summed E-state index contributed by atoms with van der Waals surface area (Å²) in [6.45, 7) is 3.53. The number of aliphatic carboxylic acids is 1. The Morgan fingerprint density at radius 2 is 2.50 bits per heavy atom. The van der Waals surface area contributed by atoms with Crippen molar-refractivity contribution in [1.29, 1.82) is 0 Å². The van der Waals surface area contributed by atoms with Crippen molar-refractivity contribution in [1.82, 2.24) is 9.97 Å². The fourth-order valence-corrected chi connectivity index (χ4v) is 0.690. The molecule has 4 nitrogen and oxygen atoms in total. The van der Waals surface area contributed by atoms with Gasteiger partial charge in [0.2, 0.25) is 0 Å². The highest BCUT2D eigenvalue weighted by atomic mass is 16.4. The molecule has 0 bridgehead atoms. The lowest BCUT2D eigenvalue weighted by atomic mass is 10.5. The Kier molecular flexibility index (Phi) is 2.42. The molecule has 1 aromatic heterocycles. The number of nitrogens with zero attached hydrogens (tertiary/aromatic N) is 1. The topological polar surface area (TPSA) is 66.0 Å². The molecule has 0 spiro atoms. The van der Waals surface area contributed by atoms with E-state index in [0.29, 0.717) is 5.82 Å². The van der Waals surface area contributed by atoms with Crippen LogP contribution in [0.4, 0.5) is 0 Å². The van der Waals surface area contributed by atoms with Gasteiger partial charge in [-0.3, -0.25) is 0 Å². The second-order valence-electron chi connectivity index (χ2n) is 2.10. The van der Waals surface area contributed by atoms with Crippen LogP contribution in [0.15, 0.2) is 18.9 Å². The van der Waals surface area contributed by atoms with Crippen LogP contribution in [0.25, 0.3) is 12.2 Å². The van der Waals surface area contributed by atoms with Gasteiger partial charge in [-0.15, -0.1) is 0 Å². The average molecular weight is 164 g/mol. The molecule has 1 heterocycles. The second-order valence-corrected chi connectivity index (χ2v) is 2.10. The molecule has 62 valence electrons. The first kappa shape index (κ1) is 8.26. The molecule has 0 aliphatic rings. The van der Waals surface area contributed by atoms with Crippen LogP contribution in [0.5, 0.6) is 0 Å². The van der Waals surface area contributed by atoms with Gasteiger partial charge in [-0.2, -0.15) is 0 Å². The van der Waals surface area contributed by atoms with Crippen molar-refractivity contribution >= 4 is 18.1 Å². The van der Waals surface area contributed by atoms with Crippen molar-refractivity contribution < 1.29 is 9.90 Å². The first-order chi connectivity index (χ1) is 5.72. The molecule has 0 amide bonds. The smallest absolute Gasteiger partial charge is 0.328 e. The maximum atomic E-state index is 10.1. The average Bonchev–Trinajstić information content (AvgIpc) is 2.48. The van der Waals surface area contributed by atoms with E-state index in [4.69, 9.17) is 5.11 Å². The number of nitrogens with one attached hydrogen (secondary N) is 1. The number of aromatic amines is 1. The lowest BCUT2D eigenvalue weighted by Crippen LogP contribution is -1.86. The Bertz CT molecular complexity index is 326. The largest absolute Gasteiger partial charge is 0.478 e. The molecule has 1 rings (SSSR count). The monoisotopic (exact) mass is 164 g/mol. The van der Waals surface area contributed by atoms with E-state index in [1.165, 1.54) is 6.08 Å². The van der Waals surface area contributed by atoms with Crippen molar-refractivity contribution in [2.45, 2.75) is 0 Å². The first-order valence-corrected chi connectivity index (χ1v) is 3.31. The number of H-pyrrole nitrogens is 1. The number of hydrogen-bond donors (Lipinski definition) is 2. The Morgan fingerprint density at radius 3 is 3.00 bits per heavy atom. The van der Waals surface area contributed by atoms with Gasteiger partial charge in [0.15, 0.2) is 0 Å². The molecular weight excluding hydrogens is 156 g/mol. The summed E-state index contributed by atoms with van der Waals surface area (Å²) in [5.74, 6) is -0.487. The molecule has 1 aromatic rings. The minimum absolute atomic E-state index is 0.507. The van der Waals surface area contributed by atoms with Gasteiger partial charge >= 0.3 is 5.97 Å². The number of imidazole rings is 1. The van der Waals surface area contributed by atoms with Gasteiger partial charge in [-0.25, -0.2) is 9.78 Å². The van der Waals surface area contributed by atoms with Crippen LogP contribution in [0.2, 0.25) is 0 Å². The molecule has 0 saturated carbocycles. The van der Waals surface area contributed by atoms with Crippen LogP contribution < -0.4 is 0 Å². The number of hydrogen-bond acceptors (Lipinski definition) is 2. The zero-order chi connectivity index (χ0) is 8.97. The van der Waals surface area contributed by atoms with E-state index in [0.717, 1.165) is 11.8 Å². The highest BCUT2D eigenvalue weighted by Gasteiger charge is 1.93. The predicted octanol–water partition coefficient (Wildman–Crippen LogP) is 1.15. The fraction of sp³-hybridized carbons (Fsp3) is 0. The molecule has 0 aliphatic heterocycles.